The van der Waals surface area contributed by atoms with Crippen LogP contribution in [0.2, 0.25) is 0 Å². The van der Waals surface area contributed by atoms with Crippen molar-refractivity contribution >= 4 is 49.1 Å². The number of anilines is 1. The first-order chi connectivity index (χ1) is 18.8. The summed E-state index contributed by atoms with van der Waals surface area (Å²) in [5, 5.41) is 0. The van der Waals surface area contributed by atoms with Crippen LogP contribution in [0.5, 0.6) is 11.5 Å². The molecule has 200 valence electrons. The van der Waals surface area contributed by atoms with Crippen LogP contribution in [-0.4, -0.2) is 44.8 Å². The number of carbonyl (C=O) groups excluding carboxylic acids is 2. The van der Waals surface area contributed by atoms with Crippen LogP contribution in [0.15, 0.2) is 70.6 Å². The molecule has 0 saturated heterocycles. The highest BCUT2D eigenvalue weighted by Gasteiger charge is 2.30. The summed E-state index contributed by atoms with van der Waals surface area (Å²) in [5.74, 6) is 0.0621. The maximum atomic E-state index is 13.3. The third kappa shape index (κ3) is 4.55. The average molecular weight is 566 g/mol. The van der Waals surface area contributed by atoms with Crippen molar-refractivity contribution in [1.82, 2.24) is 4.57 Å². The van der Waals surface area contributed by atoms with Crippen molar-refractivity contribution in [3.63, 3.8) is 0 Å². The van der Waals surface area contributed by atoms with Gasteiger partial charge in [-0.25, -0.2) is 8.42 Å². The van der Waals surface area contributed by atoms with E-state index in [4.69, 9.17) is 14.2 Å². The van der Waals surface area contributed by atoms with Gasteiger partial charge in [-0.05, 0) is 49.2 Å². The first-order valence-electron chi connectivity index (χ1n) is 12.2. The maximum absolute atomic E-state index is 13.3. The number of hydrogen-bond donors (Lipinski definition) is 0. The minimum Gasteiger partial charge on any atom is -0.465 e. The van der Waals surface area contributed by atoms with Crippen LogP contribution in [0.25, 0.3) is 10.2 Å². The zero-order valence-electron chi connectivity index (χ0n) is 20.8. The van der Waals surface area contributed by atoms with Crippen LogP contribution >= 0.6 is 11.3 Å². The third-order valence-corrected chi connectivity index (χ3v) is 9.37. The molecule has 12 heteroatoms. The van der Waals surface area contributed by atoms with Gasteiger partial charge in [-0.3, -0.25) is 13.9 Å². The second-order valence-electron chi connectivity index (χ2n) is 8.85. The molecule has 0 radical (unpaired) electrons. The summed E-state index contributed by atoms with van der Waals surface area (Å²) < 4.78 is 46.4. The van der Waals surface area contributed by atoms with Gasteiger partial charge >= 0.3 is 5.97 Å². The van der Waals surface area contributed by atoms with Gasteiger partial charge in [0.2, 0.25) is 6.79 Å². The Morgan fingerprint density at radius 1 is 1.05 bits per heavy atom. The second-order valence-corrected chi connectivity index (χ2v) is 11.7. The van der Waals surface area contributed by atoms with Crippen LogP contribution in [0.4, 0.5) is 5.69 Å². The standard InChI is InChI=1S/C27H23N3O7S2/c1-2-35-25(31)15-29-21-13-22-23(37-16-36-22)14-24(21)38-27(29)28-26(32)18-7-9-19(10-8-18)39(33,34)30-12-11-17-5-3-4-6-20(17)30/h3-10,13-14H,2,11-12,15-16H2,1H3. The quantitative estimate of drug-likeness (QED) is 0.329. The van der Waals surface area contributed by atoms with Crippen molar-refractivity contribution in [1.29, 1.82) is 0 Å². The van der Waals surface area contributed by atoms with E-state index in [9.17, 15) is 18.0 Å². The molecule has 0 N–H and O–H groups in total. The van der Waals surface area contributed by atoms with Gasteiger partial charge in [-0.1, -0.05) is 29.5 Å². The predicted molar refractivity (Wildman–Crippen MR) is 144 cm³/mol. The van der Waals surface area contributed by atoms with Crippen LogP contribution in [0.3, 0.4) is 0 Å². The molecule has 0 saturated carbocycles. The number of amides is 1. The zero-order valence-corrected chi connectivity index (χ0v) is 22.5. The Hall–Kier alpha value is -4.16. The molecule has 0 spiro atoms. The lowest BCUT2D eigenvalue weighted by Gasteiger charge is -2.19. The first-order valence-corrected chi connectivity index (χ1v) is 14.5. The highest BCUT2D eigenvalue weighted by atomic mass is 32.2. The minimum atomic E-state index is -3.79. The van der Waals surface area contributed by atoms with Gasteiger partial charge in [0, 0.05) is 24.2 Å². The SMILES string of the molecule is CCOC(=O)Cn1c(=NC(=O)c2ccc(S(=O)(=O)N3CCc4ccccc43)cc2)sc2cc3c(cc21)OCO3. The van der Waals surface area contributed by atoms with E-state index < -0.39 is 21.9 Å². The van der Waals surface area contributed by atoms with Gasteiger partial charge in [0.15, 0.2) is 16.3 Å². The highest BCUT2D eigenvalue weighted by Crippen LogP contribution is 2.37. The number of sulfonamides is 1. The summed E-state index contributed by atoms with van der Waals surface area (Å²) in [5.41, 5.74) is 2.51. The molecular formula is C27H23N3O7S2. The first kappa shape index (κ1) is 25.1. The Morgan fingerprint density at radius 2 is 1.79 bits per heavy atom. The van der Waals surface area contributed by atoms with Crippen molar-refractivity contribution in [2.24, 2.45) is 4.99 Å². The molecule has 39 heavy (non-hydrogen) atoms. The van der Waals surface area contributed by atoms with E-state index in [2.05, 4.69) is 4.99 Å². The molecule has 1 aromatic heterocycles. The number of nitrogens with zero attached hydrogens (tertiary/aromatic N) is 3. The number of ether oxygens (including phenoxy) is 3. The molecule has 0 unspecified atom stereocenters. The number of esters is 1. The number of aromatic nitrogens is 1. The number of para-hydroxylation sites is 1. The number of fused-ring (bicyclic) bond motifs is 3. The summed E-state index contributed by atoms with van der Waals surface area (Å²) in [6, 6.07) is 16.7. The van der Waals surface area contributed by atoms with E-state index in [0.717, 1.165) is 10.3 Å². The molecular weight excluding hydrogens is 542 g/mol. The van der Waals surface area contributed by atoms with E-state index in [1.807, 2.05) is 18.2 Å². The van der Waals surface area contributed by atoms with Gasteiger partial charge in [-0.15, -0.1) is 0 Å². The van der Waals surface area contributed by atoms with Crippen LogP contribution in [-0.2, 0) is 32.5 Å². The van der Waals surface area contributed by atoms with Crippen LogP contribution in [0.1, 0.15) is 22.8 Å². The fourth-order valence-corrected chi connectivity index (χ4v) is 7.18. The van der Waals surface area contributed by atoms with Gasteiger partial charge in [0.1, 0.15) is 6.54 Å². The third-order valence-electron chi connectivity index (χ3n) is 6.50. The lowest BCUT2D eigenvalue weighted by Crippen LogP contribution is -2.29. The lowest BCUT2D eigenvalue weighted by atomic mass is 10.2. The summed E-state index contributed by atoms with van der Waals surface area (Å²) in [6.45, 7) is 2.26. The molecule has 10 nitrogen and oxygen atoms in total. The molecule has 0 aliphatic carbocycles. The van der Waals surface area contributed by atoms with Crippen molar-refractivity contribution < 1.29 is 32.2 Å². The largest absolute Gasteiger partial charge is 0.465 e. The number of thiazole rings is 1. The molecule has 3 aromatic carbocycles. The number of benzene rings is 3. The van der Waals surface area contributed by atoms with E-state index in [1.54, 1.807) is 29.7 Å². The van der Waals surface area contributed by atoms with Gasteiger partial charge < -0.3 is 18.8 Å². The molecule has 2 aliphatic rings. The van der Waals surface area contributed by atoms with Gasteiger partial charge in [0.05, 0.1) is 27.4 Å². The fraction of sp³-hybridized carbons (Fsp3) is 0.222. The minimum absolute atomic E-state index is 0.0875. The van der Waals surface area contributed by atoms with Crippen molar-refractivity contribution in [2.45, 2.75) is 24.8 Å². The molecule has 0 atom stereocenters. The Bertz CT molecular complexity index is 1790. The van der Waals surface area contributed by atoms with Crippen LogP contribution < -0.4 is 18.6 Å². The monoisotopic (exact) mass is 565 g/mol. The summed E-state index contributed by atoms with van der Waals surface area (Å²) >= 11 is 1.22. The predicted octanol–water partition coefficient (Wildman–Crippen LogP) is 3.49. The van der Waals surface area contributed by atoms with E-state index >= 15 is 0 Å². The average Bonchev–Trinajstić information content (AvgIpc) is 3.65. The fourth-order valence-electron chi connectivity index (χ4n) is 4.64. The topological polar surface area (TPSA) is 117 Å². The summed E-state index contributed by atoms with van der Waals surface area (Å²) in [6.07, 6.45) is 0.646. The Kier molecular flexibility index (Phi) is 6.35. The van der Waals surface area contributed by atoms with Gasteiger partial charge in [0.25, 0.3) is 15.9 Å². The molecule has 2 aliphatic heterocycles. The molecule has 0 fully saturated rings. The number of carbonyl (C=O) groups is 2. The molecule has 4 aromatic rings. The molecule has 3 heterocycles. The normalized spacial score (nSPS) is 14.6. The molecule has 0 bridgehead atoms. The Balaban J connectivity index is 1.33. The zero-order chi connectivity index (χ0) is 27.1. The van der Waals surface area contributed by atoms with Crippen molar-refractivity contribution in [3.05, 3.63) is 76.6 Å². The van der Waals surface area contributed by atoms with Gasteiger partial charge in [-0.2, -0.15) is 4.99 Å². The highest BCUT2D eigenvalue weighted by molar-refractivity contribution is 7.92. The van der Waals surface area contributed by atoms with Crippen LogP contribution in [0, 0.1) is 0 Å². The number of hydrogen-bond acceptors (Lipinski definition) is 8. The Labute approximate surface area is 227 Å². The smallest absolute Gasteiger partial charge is 0.326 e. The van der Waals surface area contributed by atoms with Crippen molar-refractivity contribution in [2.75, 3.05) is 24.2 Å². The summed E-state index contributed by atoms with van der Waals surface area (Å²) in [7, 11) is -3.79. The van der Waals surface area contributed by atoms with Crippen molar-refractivity contribution in [3.8, 4) is 11.5 Å². The maximum Gasteiger partial charge on any atom is 0.326 e. The van der Waals surface area contributed by atoms with E-state index in [1.165, 1.54) is 39.9 Å². The van der Waals surface area contributed by atoms with E-state index in [-0.39, 0.29) is 35.2 Å². The molecule has 1 amide bonds. The molecule has 6 rings (SSSR count). The number of rotatable bonds is 6. The van der Waals surface area contributed by atoms with E-state index in [0.29, 0.717) is 35.7 Å². The second kappa shape index (κ2) is 9.86. The Morgan fingerprint density at radius 3 is 2.56 bits per heavy atom. The lowest BCUT2D eigenvalue weighted by molar-refractivity contribution is -0.143. The summed E-state index contributed by atoms with van der Waals surface area (Å²) in [4.78, 5) is 30.1.